The van der Waals surface area contributed by atoms with Crippen LogP contribution in [0.15, 0.2) is 35.2 Å². The van der Waals surface area contributed by atoms with Crippen molar-refractivity contribution in [3.63, 3.8) is 0 Å². The topological polar surface area (TPSA) is 176 Å². The lowest BCUT2D eigenvalue weighted by atomic mass is 9.93. The summed E-state index contributed by atoms with van der Waals surface area (Å²) in [5.74, 6) is -2.09. The Hall–Kier alpha value is -3.55. The minimum Gasteiger partial charge on any atom is -0.492 e. The number of hydrogen-bond donors (Lipinski definition) is 4. The van der Waals surface area contributed by atoms with Crippen molar-refractivity contribution in [1.29, 1.82) is 0 Å². The van der Waals surface area contributed by atoms with Crippen LogP contribution in [0, 0.1) is 17.7 Å². The molecule has 13 heteroatoms. The summed E-state index contributed by atoms with van der Waals surface area (Å²) >= 11 is 0. The van der Waals surface area contributed by atoms with E-state index in [2.05, 4.69) is 9.62 Å². The summed E-state index contributed by atoms with van der Waals surface area (Å²) in [6.07, 6.45) is 1.49. The van der Waals surface area contributed by atoms with Gasteiger partial charge in [0.2, 0.25) is 0 Å². The average Bonchev–Trinajstić information content (AvgIpc) is 3.54. The Labute approximate surface area is 224 Å². The number of halogens is 1. The zero-order chi connectivity index (χ0) is 28.5. The van der Waals surface area contributed by atoms with E-state index in [4.69, 9.17) is 20.4 Å². The van der Waals surface area contributed by atoms with E-state index < -0.39 is 27.9 Å². The monoisotopic (exact) mass is 563 g/mol. The lowest BCUT2D eigenvalue weighted by molar-refractivity contribution is -0.124. The molecule has 2 aromatic carbocycles. The van der Waals surface area contributed by atoms with E-state index in [1.807, 2.05) is 6.92 Å². The van der Waals surface area contributed by atoms with Crippen molar-refractivity contribution in [2.75, 3.05) is 31.0 Å². The van der Waals surface area contributed by atoms with Crippen molar-refractivity contribution in [2.24, 2.45) is 17.6 Å². The largest absolute Gasteiger partial charge is 0.492 e. The maximum absolute atomic E-state index is 14.2. The molecule has 210 valence electrons. The molecule has 1 aliphatic carbocycles. The number of aromatic carboxylic acids is 1. The smallest absolute Gasteiger partial charge is 0.341 e. The zero-order valence-electron chi connectivity index (χ0n) is 21.2. The van der Waals surface area contributed by atoms with Gasteiger partial charge in [-0.05, 0) is 67.2 Å². The Morgan fingerprint density at radius 3 is 2.67 bits per heavy atom. The number of nitrogens with one attached hydrogen (secondary N) is 1. The average molecular weight is 564 g/mol. The number of carbonyl (C=O) groups is 3. The van der Waals surface area contributed by atoms with Gasteiger partial charge in [-0.3, -0.25) is 14.3 Å². The molecule has 5 N–H and O–H groups in total. The summed E-state index contributed by atoms with van der Waals surface area (Å²) in [5, 5.41) is 16.8. The number of carboxylic acids is 1. The Morgan fingerprint density at radius 2 is 2.03 bits per heavy atom. The van der Waals surface area contributed by atoms with E-state index in [1.165, 1.54) is 6.07 Å². The van der Waals surface area contributed by atoms with Crippen LogP contribution < -0.4 is 15.2 Å². The van der Waals surface area contributed by atoms with Crippen LogP contribution in [0.3, 0.4) is 0 Å². The molecule has 0 radical (unpaired) electrons. The number of ether oxygens (including phenoxy) is 1. The number of sulfonamides is 1. The van der Waals surface area contributed by atoms with Crippen LogP contribution in [0.1, 0.15) is 53.2 Å². The number of benzene rings is 2. The second-order valence-electron chi connectivity index (χ2n) is 9.78. The summed E-state index contributed by atoms with van der Waals surface area (Å²) in [7, 11) is -4.44. The van der Waals surface area contributed by atoms with Crippen LogP contribution in [0.4, 0.5) is 10.1 Å². The van der Waals surface area contributed by atoms with Gasteiger partial charge in [-0.15, -0.1) is 0 Å². The Balaban J connectivity index is 0.00000112. The van der Waals surface area contributed by atoms with E-state index in [0.29, 0.717) is 25.5 Å². The van der Waals surface area contributed by atoms with Crippen molar-refractivity contribution in [2.45, 2.75) is 36.6 Å². The Bertz CT molecular complexity index is 1400. The van der Waals surface area contributed by atoms with E-state index in [-0.39, 0.29) is 51.6 Å². The van der Waals surface area contributed by atoms with Gasteiger partial charge in [0.25, 0.3) is 16.5 Å². The number of fused-ring (bicyclic) bond motifs is 3. The predicted molar refractivity (Wildman–Crippen MR) is 138 cm³/mol. The molecule has 0 spiro atoms. The number of anilines is 1. The number of carbonyl (C=O) groups excluding carboxylic acids is 1. The highest BCUT2D eigenvalue weighted by Gasteiger charge is 2.45. The van der Waals surface area contributed by atoms with E-state index >= 15 is 0 Å². The van der Waals surface area contributed by atoms with Crippen LogP contribution in [0.2, 0.25) is 0 Å². The quantitative estimate of drug-likeness (QED) is 0.349. The summed E-state index contributed by atoms with van der Waals surface area (Å²) in [6, 6.07) is 4.67. The van der Waals surface area contributed by atoms with Gasteiger partial charge in [0.15, 0.2) is 5.78 Å². The van der Waals surface area contributed by atoms with E-state index in [9.17, 15) is 27.5 Å². The first-order valence-electron chi connectivity index (χ1n) is 12.5. The lowest BCUT2D eigenvalue weighted by Crippen LogP contribution is -2.32. The highest BCUT2D eigenvalue weighted by atomic mass is 32.2. The van der Waals surface area contributed by atoms with Crippen LogP contribution in [0.5, 0.6) is 5.75 Å². The third-order valence-electron chi connectivity index (χ3n) is 7.44. The third-order valence-corrected chi connectivity index (χ3v) is 8.87. The first kappa shape index (κ1) is 28.5. The Morgan fingerprint density at radius 1 is 1.31 bits per heavy atom. The van der Waals surface area contributed by atoms with Gasteiger partial charge in [-0.1, -0.05) is 13.0 Å². The summed E-state index contributed by atoms with van der Waals surface area (Å²) in [6.45, 7) is 4.13. The molecular formula is C26H30FN3O8S. The van der Waals surface area contributed by atoms with Gasteiger partial charge in [0.1, 0.15) is 17.1 Å². The van der Waals surface area contributed by atoms with Crippen molar-refractivity contribution in [1.82, 2.24) is 4.90 Å². The van der Waals surface area contributed by atoms with Crippen LogP contribution in [-0.4, -0.2) is 68.0 Å². The number of nitrogens with two attached hydrogens (primary N) is 1. The molecular weight excluding hydrogens is 533 g/mol. The highest BCUT2D eigenvalue weighted by Crippen LogP contribution is 2.55. The van der Waals surface area contributed by atoms with Crippen molar-refractivity contribution < 1.29 is 42.1 Å². The van der Waals surface area contributed by atoms with Crippen LogP contribution >= 0.6 is 0 Å². The molecule has 2 aromatic rings. The highest BCUT2D eigenvalue weighted by molar-refractivity contribution is 7.92. The number of ketones is 1. The molecule has 5 rings (SSSR count). The minimum atomic E-state index is -4.44. The number of hydrogen-bond acceptors (Lipinski definition) is 8. The zero-order valence-corrected chi connectivity index (χ0v) is 22.0. The molecule has 2 fully saturated rings. The number of carboxylic acid groups (broad SMARTS) is 2. The minimum absolute atomic E-state index is 0.161. The molecule has 0 aromatic heterocycles. The molecule has 0 bridgehead atoms. The van der Waals surface area contributed by atoms with Crippen molar-refractivity contribution in [3.8, 4) is 5.75 Å². The van der Waals surface area contributed by atoms with Gasteiger partial charge in [0, 0.05) is 18.4 Å². The molecule has 1 saturated heterocycles. The fourth-order valence-corrected chi connectivity index (χ4v) is 6.63. The van der Waals surface area contributed by atoms with Gasteiger partial charge in [0.05, 0.1) is 23.2 Å². The molecule has 2 heterocycles. The summed E-state index contributed by atoms with van der Waals surface area (Å²) in [4.78, 5) is 35.3. The van der Waals surface area contributed by atoms with Crippen molar-refractivity contribution in [3.05, 3.63) is 52.8 Å². The molecule has 3 aliphatic rings. The maximum Gasteiger partial charge on any atom is 0.341 e. The molecule has 1 unspecified atom stereocenters. The fourth-order valence-electron chi connectivity index (χ4n) is 5.31. The van der Waals surface area contributed by atoms with Gasteiger partial charge < -0.3 is 25.6 Å². The molecule has 4 atom stereocenters. The Kier molecular flexibility index (Phi) is 8.23. The molecule has 39 heavy (non-hydrogen) atoms. The first-order valence-corrected chi connectivity index (χ1v) is 13.9. The lowest BCUT2D eigenvalue weighted by Gasteiger charge is -2.22. The third kappa shape index (κ3) is 5.75. The molecule has 0 amide bonds. The molecule has 1 saturated carbocycles. The number of Topliss-reactive ketones (excluding diaryl/α,β-unsaturated/α-hetero) is 1. The first-order chi connectivity index (χ1) is 18.5. The molecule has 11 nitrogen and oxygen atoms in total. The fraction of sp³-hybridized carbons (Fsp3) is 0.423. The second kappa shape index (κ2) is 11.3. The number of likely N-dealkylation sites (tertiary alicyclic amines) is 1. The van der Waals surface area contributed by atoms with Gasteiger partial charge >= 0.3 is 5.97 Å². The van der Waals surface area contributed by atoms with E-state index in [0.717, 1.165) is 43.3 Å². The van der Waals surface area contributed by atoms with Gasteiger partial charge in [-0.25, -0.2) is 17.6 Å². The predicted octanol–water partition coefficient (Wildman–Crippen LogP) is 2.43. The van der Waals surface area contributed by atoms with E-state index in [1.54, 1.807) is 6.07 Å². The van der Waals surface area contributed by atoms with Crippen LogP contribution in [0.25, 0.3) is 0 Å². The van der Waals surface area contributed by atoms with Crippen LogP contribution in [-0.2, 0) is 19.6 Å². The normalized spacial score (nSPS) is 22.3. The maximum atomic E-state index is 14.2. The molecule has 2 aliphatic heterocycles. The summed E-state index contributed by atoms with van der Waals surface area (Å²) < 4.78 is 49.1. The number of nitrogens with zero attached hydrogens (tertiary/aromatic N) is 1. The SMILES string of the molecule is CCN1CC[C@H](C(=O)C(N)c2cc(F)ccc2S(=O)(=O)Nc2ccc3c(c2C(=O)O)OC[C@@H]2C[C@H]32)C1.O=CO. The standard InChI is InChI=1S/C25H28FN3O6S.CH2O2/c1-2-29-8-7-13(11-29)23(30)22(27)18-10-15(26)3-6-20(18)36(33,34)28-19-5-4-16-17-9-14(17)12-35-24(16)21(19)25(31)32;2-1-3/h3-6,10,13-14,17,22,28H,2,7-9,11-12,27H2,1H3,(H,31,32);1H,(H,2,3)/t13-,14-,17-,22?;/m0./s1. The number of rotatable bonds is 8. The van der Waals surface area contributed by atoms with Gasteiger partial charge in [-0.2, -0.15) is 0 Å². The summed E-state index contributed by atoms with van der Waals surface area (Å²) in [5.41, 5.74) is 6.33. The van der Waals surface area contributed by atoms with Crippen molar-refractivity contribution >= 4 is 33.9 Å². The second-order valence-corrected chi connectivity index (χ2v) is 11.4.